The van der Waals surface area contributed by atoms with Gasteiger partial charge < -0.3 is 15.8 Å². The van der Waals surface area contributed by atoms with Gasteiger partial charge in [0, 0.05) is 5.54 Å². The molecule has 5 heteroatoms. The maximum absolute atomic E-state index is 11.0. The molecule has 82 valence electrons. The Morgan fingerprint density at radius 2 is 2.00 bits per heavy atom. The quantitative estimate of drug-likeness (QED) is 0.381. The lowest BCUT2D eigenvalue weighted by Crippen LogP contribution is -2.45. The molecule has 0 bridgehead atoms. The highest BCUT2D eigenvalue weighted by atomic mass is 16.5. The molecule has 0 rings (SSSR count). The number of methoxy groups -OCH3 is 1. The zero-order chi connectivity index (χ0) is 11.4. The van der Waals surface area contributed by atoms with Gasteiger partial charge in [-0.05, 0) is 27.7 Å². The highest BCUT2D eigenvalue weighted by Crippen LogP contribution is 1.98. The van der Waals surface area contributed by atoms with Gasteiger partial charge in [-0.15, -0.1) is 0 Å². The molecule has 0 aromatic carbocycles. The van der Waals surface area contributed by atoms with Gasteiger partial charge in [-0.25, -0.2) is 9.79 Å². The molecule has 0 aromatic heterocycles. The van der Waals surface area contributed by atoms with E-state index in [1.807, 2.05) is 20.8 Å². The lowest BCUT2D eigenvalue weighted by Gasteiger charge is -2.21. The lowest BCUT2D eigenvalue weighted by molar-refractivity contribution is -0.141. The molecule has 0 saturated carbocycles. The van der Waals surface area contributed by atoms with Gasteiger partial charge in [-0.2, -0.15) is 0 Å². The van der Waals surface area contributed by atoms with Crippen molar-refractivity contribution in [2.24, 2.45) is 10.7 Å². The number of esters is 1. The highest BCUT2D eigenvalue weighted by Gasteiger charge is 2.14. The van der Waals surface area contributed by atoms with Crippen LogP contribution in [0.1, 0.15) is 27.7 Å². The molecule has 0 radical (unpaired) electrons. The normalized spacial score (nSPS) is 14.8. The maximum atomic E-state index is 11.0. The molecule has 0 spiro atoms. The zero-order valence-electron chi connectivity index (χ0n) is 9.42. The molecule has 0 saturated heterocycles. The Hall–Kier alpha value is -1.26. The Labute approximate surface area is 84.7 Å². The Bertz CT molecular complexity index is 231. The minimum Gasteiger partial charge on any atom is -0.467 e. The summed E-state index contributed by atoms with van der Waals surface area (Å²) in [6.45, 7) is 7.50. The molecule has 0 fully saturated rings. The van der Waals surface area contributed by atoms with E-state index in [4.69, 9.17) is 5.73 Å². The molecule has 0 aliphatic carbocycles. The van der Waals surface area contributed by atoms with Crippen molar-refractivity contribution in [2.75, 3.05) is 7.11 Å². The first-order valence-electron chi connectivity index (χ1n) is 4.45. The van der Waals surface area contributed by atoms with Gasteiger partial charge in [0.2, 0.25) is 0 Å². The molecular formula is C9H19N3O2. The third-order valence-corrected chi connectivity index (χ3v) is 1.38. The van der Waals surface area contributed by atoms with Crippen LogP contribution in [0, 0.1) is 0 Å². The third kappa shape index (κ3) is 5.40. The summed E-state index contributed by atoms with van der Waals surface area (Å²) in [6, 6.07) is -0.574. The van der Waals surface area contributed by atoms with E-state index >= 15 is 0 Å². The number of guanidine groups is 1. The first-order chi connectivity index (χ1) is 6.26. The molecule has 0 aliphatic rings. The number of nitrogens with zero attached hydrogens (tertiary/aromatic N) is 1. The van der Waals surface area contributed by atoms with Crippen molar-refractivity contribution in [3.63, 3.8) is 0 Å². The Morgan fingerprint density at radius 3 is 2.36 bits per heavy atom. The van der Waals surface area contributed by atoms with E-state index in [0.717, 1.165) is 0 Å². The van der Waals surface area contributed by atoms with Crippen LogP contribution in [0.5, 0.6) is 0 Å². The number of carbonyl (C=O) groups is 1. The number of nitrogens with one attached hydrogen (secondary N) is 1. The van der Waals surface area contributed by atoms with E-state index in [9.17, 15) is 4.79 Å². The minimum atomic E-state index is -0.574. The number of hydrogen-bond donors (Lipinski definition) is 2. The third-order valence-electron chi connectivity index (χ3n) is 1.38. The van der Waals surface area contributed by atoms with Crippen molar-refractivity contribution in [3.05, 3.63) is 0 Å². The summed E-state index contributed by atoms with van der Waals surface area (Å²) in [5.74, 6) is -0.154. The van der Waals surface area contributed by atoms with Crippen LogP contribution in [-0.4, -0.2) is 30.6 Å². The number of carbonyl (C=O) groups excluding carboxylic acids is 1. The SMILES string of the molecule is COC(=O)C(C)N=C(N)NC(C)(C)C. The van der Waals surface area contributed by atoms with Gasteiger partial charge >= 0.3 is 5.97 Å². The van der Waals surface area contributed by atoms with Crippen LogP contribution in [0.3, 0.4) is 0 Å². The number of nitrogens with two attached hydrogens (primary N) is 1. The summed E-state index contributed by atoms with van der Waals surface area (Å²) >= 11 is 0. The number of rotatable bonds is 2. The van der Waals surface area contributed by atoms with Crippen LogP contribution in [0.4, 0.5) is 0 Å². The van der Waals surface area contributed by atoms with Crippen LogP contribution in [-0.2, 0) is 9.53 Å². The first kappa shape index (κ1) is 12.7. The fourth-order valence-corrected chi connectivity index (χ4v) is 0.848. The van der Waals surface area contributed by atoms with Gasteiger partial charge in [0.05, 0.1) is 7.11 Å². The first-order valence-corrected chi connectivity index (χ1v) is 4.45. The van der Waals surface area contributed by atoms with Crippen LogP contribution in [0.15, 0.2) is 4.99 Å². The van der Waals surface area contributed by atoms with E-state index in [-0.39, 0.29) is 11.5 Å². The van der Waals surface area contributed by atoms with Crippen LogP contribution in [0.2, 0.25) is 0 Å². The Morgan fingerprint density at radius 1 is 1.50 bits per heavy atom. The Kier molecular flexibility index (Phi) is 4.40. The summed E-state index contributed by atoms with van der Waals surface area (Å²) in [5.41, 5.74) is 5.42. The van der Waals surface area contributed by atoms with E-state index in [1.54, 1.807) is 6.92 Å². The monoisotopic (exact) mass is 201 g/mol. The smallest absolute Gasteiger partial charge is 0.330 e. The summed E-state index contributed by atoms with van der Waals surface area (Å²) < 4.78 is 4.51. The highest BCUT2D eigenvalue weighted by molar-refractivity contribution is 5.83. The van der Waals surface area contributed by atoms with E-state index in [0.29, 0.717) is 0 Å². The maximum Gasteiger partial charge on any atom is 0.330 e. The van der Waals surface area contributed by atoms with Gasteiger partial charge in [-0.1, -0.05) is 0 Å². The van der Waals surface area contributed by atoms with Gasteiger partial charge in [0.25, 0.3) is 0 Å². The van der Waals surface area contributed by atoms with Crippen LogP contribution < -0.4 is 11.1 Å². The number of ether oxygens (including phenoxy) is 1. The van der Waals surface area contributed by atoms with Crippen molar-refractivity contribution in [1.29, 1.82) is 0 Å². The molecule has 14 heavy (non-hydrogen) atoms. The number of aliphatic imine (C=N–C) groups is 1. The lowest BCUT2D eigenvalue weighted by atomic mass is 10.1. The van der Waals surface area contributed by atoms with Gasteiger partial charge in [-0.3, -0.25) is 0 Å². The topological polar surface area (TPSA) is 76.7 Å². The largest absolute Gasteiger partial charge is 0.467 e. The van der Waals surface area contributed by atoms with Crippen molar-refractivity contribution in [2.45, 2.75) is 39.3 Å². The van der Waals surface area contributed by atoms with Gasteiger partial charge in [0.1, 0.15) is 6.04 Å². The van der Waals surface area contributed by atoms with E-state index < -0.39 is 12.0 Å². The average Bonchev–Trinajstić information content (AvgIpc) is 1.99. The molecule has 1 unspecified atom stereocenters. The average molecular weight is 201 g/mol. The summed E-state index contributed by atoms with van der Waals surface area (Å²) in [4.78, 5) is 14.9. The molecule has 0 aromatic rings. The molecule has 0 amide bonds. The van der Waals surface area contributed by atoms with Crippen LogP contribution in [0.25, 0.3) is 0 Å². The molecule has 5 nitrogen and oxygen atoms in total. The predicted molar refractivity (Wildman–Crippen MR) is 56.0 cm³/mol. The minimum absolute atomic E-state index is 0.163. The van der Waals surface area contributed by atoms with E-state index in [1.165, 1.54) is 7.11 Å². The fourth-order valence-electron chi connectivity index (χ4n) is 0.848. The van der Waals surface area contributed by atoms with Crippen molar-refractivity contribution in [3.8, 4) is 0 Å². The fraction of sp³-hybridized carbons (Fsp3) is 0.778. The van der Waals surface area contributed by atoms with Crippen molar-refractivity contribution >= 4 is 11.9 Å². The predicted octanol–water partition coefficient (Wildman–Crippen LogP) is 0.251. The molecule has 0 heterocycles. The molecule has 1 atom stereocenters. The van der Waals surface area contributed by atoms with Crippen LogP contribution >= 0.6 is 0 Å². The summed E-state index contributed by atoms with van der Waals surface area (Å²) in [5, 5.41) is 2.95. The summed E-state index contributed by atoms with van der Waals surface area (Å²) in [6.07, 6.45) is 0. The second-order valence-corrected chi connectivity index (χ2v) is 4.09. The second-order valence-electron chi connectivity index (χ2n) is 4.09. The Balaban J connectivity index is 4.30. The molecular weight excluding hydrogens is 182 g/mol. The molecule has 3 N–H and O–H groups in total. The number of hydrogen-bond acceptors (Lipinski definition) is 3. The second kappa shape index (κ2) is 4.83. The zero-order valence-corrected chi connectivity index (χ0v) is 9.42. The standard InChI is InChI=1S/C9H19N3O2/c1-6(7(13)14-5)11-8(10)12-9(2,3)4/h6H,1-5H3,(H3,10,11,12). The molecule has 0 aliphatic heterocycles. The van der Waals surface area contributed by atoms with Gasteiger partial charge in [0.15, 0.2) is 5.96 Å². The van der Waals surface area contributed by atoms with Crippen molar-refractivity contribution in [1.82, 2.24) is 5.32 Å². The van der Waals surface area contributed by atoms with E-state index in [2.05, 4.69) is 15.0 Å². The van der Waals surface area contributed by atoms with Crippen molar-refractivity contribution < 1.29 is 9.53 Å². The summed E-state index contributed by atoms with van der Waals surface area (Å²) in [7, 11) is 1.32.